The van der Waals surface area contributed by atoms with Crippen molar-refractivity contribution < 1.29 is 13.5 Å². The van der Waals surface area contributed by atoms with E-state index in [0.29, 0.717) is 11.3 Å². The Labute approximate surface area is 113 Å². The van der Waals surface area contributed by atoms with Crippen molar-refractivity contribution in [2.24, 2.45) is 11.3 Å². The molecule has 0 aliphatic heterocycles. The molecule has 1 aliphatic carbocycles. The summed E-state index contributed by atoms with van der Waals surface area (Å²) in [6, 6.07) is 6.80. The van der Waals surface area contributed by atoms with Crippen LogP contribution in [0.4, 0.5) is 8.78 Å². The molecule has 0 radical (unpaired) electrons. The molecule has 0 atom stereocenters. The molecular weight excluding hydrogens is 248 g/mol. The average molecular weight is 269 g/mol. The summed E-state index contributed by atoms with van der Waals surface area (Å²) < 4.78 is 28.3. The zero-order valence-corrected chi connectivity index (χ0v) is 11.5. The summed E-state index contributed by atoms with van der Waals surface area (Å²) in [4.78, 5) is 0. The van der Waals surface area contributed by atoms with E-state index in [1.165, 1.54) is 12.8 Å². The Morgan fingerprint density at radius 3 is 2.32 bits per heavy atom. The van der Waals surface area contributed by atoms with Crippen molar-refractivity contribution >= 4 is 0 Å². The molecule has 106 valence electrons. The molecule has 0 bridgehead atoms. The Balaban J connectivity index is 1.77. The number of ether oxygens (including phenoxy) is 1. The highest BCUT2D eigenvalue weighted by molar-refractivity contribution is 5.27. The van der Waals surface area contributed by atoms with E-state index in [-0.39, 0.29) is 5.75 Å². The second-order valence-electron chi connectivity index (χ2n) is 5.64. The van der Waals surface area contributed by atoms with E-state index in [9.17, 15) is 8.78 Å². The van der Waals surface area contributed by atoms with Crippen LogP contribution in [0.2, 0.25) is 0 Å². The van der Waals surface area contributed by atoms with Crippen LogP contribution < -0.4 is 10.1 Å². The van der Waals surface area contributed by atoms with Crippen molar-refractivity contribution in [2.75, 3.05) is 6.54 Å². The van der Waals surface area contributed by atoms with Crippen molar-refractivity contribution in [3.8, 4) is 5.75 Å². The molecule has 1 fully saturated rings. The minimum Gasteiger partial charge on any atom is -0.435 e. The third-order valence-corrected chi connectivity index (χ3v) is 4.07. The van der Waals surface area contributed by atoms with Crippen LogP contribution in [0, 0.1) is 11.3 Å². The first kappa shape index (κ1) is 14.3. The highest BCUT2D eigenvalue weighted by atomic mass is 19.3. The predicted octanol–water partition coefficient (Wildman–Crippen LogP) is 3.81. The number of rotatable bonds is 7. The fourth-order valence-corrected chi connectivity index (χ4v) is 2.36. The molecule has 1 aromatic rings. The van der Waals surface area contributed by atoms with Crippen LogP contribution in [0.15, 0.2) is 24.3 Å². The van der Waals surface area contributed by atoms with Crippen molar-refractivity contribution in [3.05, 3.63) is 29.8 Å². The Morgan fingerprint density at radius 2 is 1.84 bits per heavy atom. The van der Waals surface area contributed by atoms with Crippen molar-refractivity contribution in [3.63, 3.8) is 0 Å². The summed E-state index contributed by atoms with van der Waals surface area (Å²) in [5.41, 5.74) is 1.57. The minimum atomic E-state index is -2.76. The van der Waals surface area contributed by atoms with Gasteiger partial charge < -0.3 is 10.1 Å². The van der Waals surface area contributed by atoms with Crippen LogP contribution in [0.25, 0.3) is 0 Å². The average Bonchev–Trinajstić information content (AvgIpc) is 3.12. The zero-order valence-electron chi connectivity index (χ0n) is 11.5. The van der Waals surface area contributed by atoms with Gasteiger partial charge in [-0.3, -0.25) is 0 Å². The lowest BCUT2D eigenvalue weighted by molar-refractivity contribution is -0.0498. The van der Waals surface area contributed by atoms with Gasteiger partial charge in [0.05, 0.1) is 0 Å². The molecule has 0 heterocycles. The van der Waals surface area contributed by atoms with Crippen LogP contribution in [0.3, 0.4) is 0 Å². The first-order chi connectivity index (χ1) is 9.02. The summed E-state index contributed by atoms with van der Waals surface area (Å²) in [6.07, 6.45) is 2.61. The molecule has 19 heavy (non-hydrogen) atoms. The summed E-state index contributed by atoms with van der Waals surface area (Å²) in [5, 5.41) is 3.46. The lowest BCUT2D eigenvalue weighted by Gasteiger charge is -2.20. The lowest BCUT2D eigenvalue weighted by atomic mass is 9.92. The van der Waals surface area contributed by atoms with E-state index in [4.69, 9.17) is 0 Å². The normalized spacial score (nSPS) is 16.9. The van der Waals surface area contributed by atoms with E-state index in [1.54, 1.807) is 12.1 Å². The Kier molecular flexibility index (Phi) is 4.40. The third kappa shape index (κ3) is 3.90. The van der Waals surface area contributed by atoms with Crippen LogP contribution in [0.5, 0.6) is 5.75 Å². The first-order valence-corrected chi connectivity index (χ1v) is 6.76. The molecule has 0 unspecified atom stereocenters. The van der Waals surface area contributed by atoms with E-state index in [1.807, 2.05) is 12.1 Å². The van der Waals surface area contributed by atoms with Gasteiger partial charge in [-0.2, -0.15) is 8.78 Å². The van der Waals surface area contributed by atoms with Gasteiger partial charge in [-0.25, -0.2) is 0 Å². The summed E-state index contributed by atoms with van der Waals surface area (Å²) in [7, 11) is 0. The molecule has 1 aliphatic rings. The number of hydrogen-bond donors (Lipinski definition) is 1. The molecule has 0 amide bonds. The maximum absolute atomic E-state index is 12.0. The highest BCUT2D eigenvalue weighted by Gasteiger charge is 2.44. The van der Waals surface area contributed by atoms with Gasteiger partial charge in [0.2, 0.25) is 0 Å². The SMILES string of the molecule is CC(C)C1(CNCc2ccc(OC(F)F)cc2)CC1. The van der Waals surface area contributed by atoms with Crippen LogP contribution >= 0.6 is 0 Å². The van der Waals surface area contributed by atoms with Crippen LogP contribution in [-0.2, 0) is 6.54 Å². The summed E-state index contributed by atoms with van der Waals surface area (Å²) >= 11 is 0. The van der Waals surface area contributed by atoms with Gasteiger partial charge in [0.15, 0.2) is 0 Å². The highest BCUT2D eigenvalue weighted by Crippen LogP contribution is 2.51. The van der Waals surface area contributed by atoms with E-state index in [2.05, 4.69) is 23.9 Å². The number of hydrogen-bond acceptors (Lipinski definition) is 2. The molecule has 0 saturated heterocycles. The Hall–Kier alpha value is -1.16. The second-order valence-corrected chi connectivity index (χ2v) is 5.64. The molecule has 1 aromatic carbocycles. The fourth-order valence-electron chi connectivity index (χ4n) is 2.36. The monoisotopic (exact) mass is 269 g/mol. The summed E-state index contributed by atoms with van der Waals surface area (Å²) in [5.74, 6) is 0.918. The van der Waals surface area contributed by atoms with Crippen LogP contribution in [0.1, 0.15) is 32.3 Å². The third-order valence-electron chi connectivity index (χ3n) is 4.07. The van der Waals surface area contributed by atoms with Gasteiger partial charge in [-0.15, -0.1) is 0 Å². The largest absolute Gasteiger partial charge is 0.435 e. The van der Waals surface area contributed by atoms with Crippen molar-refractivity contribution in [2.45, 2.75) is 39.8 Å². The van der Waals surface area contributed by atoms with Gasteiger partial charge in [0.25, 0.3) is 0 Å². The number of halogens is 2. The quantitative estimate of drug-likeness (QED) is 0.812. The molecule has 4 heteroatoms. The standard InChI is InChI=1S/C15H21F2NO/c1-11(2)15(7-8-15)10-18-9-12-3-5-13(6-4-12)19-14(16)17/h3-6,11,14,18H,7-10H2,1-2H3. The fraction of sp³-hybridized carbons (Fsp3) is 0.600. The number of nitrogens with one attached hydrogen (secondary N) is 1. The van der Waals surface area contributed by atoms with Gasteiger partial charge in [0, 0.05) is 13.1 Å². The molecule has 1 N–H and O–H groups in total. The minimum absolute atomic E-state index is 0.208. The zero-order chi connectivity index (χ0) is 13.9. The van der Waals surface area contributed by atoms with Crippen molar-refractivity contribution in [1.29, 1.82) is 0 Å². The first-order valence-electron chi connectivity index (χ1n) is 6.76. The number of alkyl halides is 2. The van der Waals surface area contributed by atoms with E-state index < -0.39 is 6.61 Å². The molecule has 1 saturated carbocycles. The number of benzene rings is 1. The summed E-state index contributed by atoms with van der Waals surface area (Å²) in [6.45, 7) is 3.57. The lowest BCUT2D eigenvalue weighted by Crippen LogP contribution is -2.27. The molecule has 0 spiro atoms. The smallest absolute Gasteiger partial charge is 0.387 e. The van der Waals surface area contributed by atoms with Crippen LogP contribution in [-0.4, -0.2) is 13.2 Å². The Morgan fingerprint density at radius 1 is 1.21 bits per heavy atom. The van der Waals surface area contributed by atoms with Gasteiger partial charge in [0.1, 0.15) is 5.75 Å². The molecular formula is C15H21F2NO. The molecule has 2 rings (SSSR count). The van der Waals surface area contributed by atoms with E-state index in [0.717, 1.165) is 18.7 Å². The molecule has 2 nitrogen and oxygen atoms in total. The van der Waals surface area contributed by atoms with Gasteiger partial charge in [-0.1, -0.05) is 26.0 Å². The second kappa shape index (κ2) is 5.87. The van der Waals surface area contributed by atoms with E-state index >= 15 is 0 Å². The Bertz CT molecular complexity index is 399. The van der Waals surface area contributed by atoms with Crippen molar-refractivity contribution in [1.82, 2.24) is 5.32 Å². The maximum atomic E-state index is 12.0. The predicted molar refractivity (Wildman–Crippen MR) is 71.3 cm³/mol. The van der Waals surface area contributed by atoms with Gasteiger partial charge in [-0.05, 0) is 41.9 Å². The van der Waals surface area contributed by atoms with Gasteiger partial charge >= 0.3 is 6.61 Å². The maximum Gasteiger partial charge on any atom is 0.387 e. The molecule has 0 aromatic heterocycles. The topological polar surface area (TPSA) is 21.3 Å².